The van der Waals surface area contributed by atoms with Gasteiger partial charge in [-0.15, -0.1) is 0 Å². The van der Waals surface area contributed by atoms with Crippen LogP contribution in [0.3, 0.4) is 0 Å². The summed E-state index contributed by atoms with van der Waals surface area (Å²) in [5.41, 5.74) is 1.29. The number of nitrogens with one attached hydrogen (secondary N) is 1. The summed E-state index contributed by atoms with van der Waals surface area (Å²) in [6, 6.07) is 10.2. The van der Waals surface area contributed by atoms with Crippen LogP contribution in [0.15, 0.2) is 30.3 Å². The summed E-state index contributed by atoms with van der Waals surface area (Å²) in [5, 5.41) is 3.21. The number of cyclic esters (lactones) is 1. The highest BCUT2D eigenvalue weighted by Crippen LogP contribution is 2.06. The van der Waals surface area contributed by atoms with Crippen molar-refractivity contribution in [2.75, 3.05) is 13.2 Å². The Morgan fingerprint density at radius 3 is 2.80 bits per heavy atom. The maximum absolute atomic E-state index is 11.1. The summed E-state index contributed by atoms with van der Waals surface area (Å²) in [6.45, 7) is 1.38. The fourth-order valence-electron chi connectivity index (χ4n) is 1.72. The predicted molar refractivity (Wildman–Crippen MR) is 57.5 cm³/mol. The Kier molecular flexibility index (Phi) is 3.35. The lowest BCUT2D eigenvalue weighted by Gasteiger charge is -2.08. The van der Waals surface area contributed by atoms with Crippen molar-refractivity contribution in [1.82, 2.24) is 5.32 Å². The lowest BCUT2D eigenvalue weighted by molar-refractivity contribution is -0.139. The van der Waals surface area contributed by atoms with Crippen LogP contribution in [0.4, 0.5) is 0 Å². The molecule has 0 radical (unpaired) electrons. The molecule has 0 amide bonds. The largest absolute Gasteiger partial charge is 0.464 e. The van der Waals surface area contributed by atoms with Crippen molar-refractivity contribution in [3.8, 4) is 0 Å². The van der Waals surface area contributed by atoms with Crippen molar-refractivity contribution in [2.45, 2.75) is 18.9 Å². The SMILES string of the molecule is O=C1OCCC1NCCc1ccccc1. The third-order valence-corrected chi connectivity index (χ3v) is 2.58. The predicted octanol–water partition coefficient (Wildman–Crippen LogP) is 1.13. The molecule has 80 valence electrons. The molecular weight excluding hydrogens is 190 g/mol. The number of hydrogen-bond acceptors (Lipinski definition) is 3. The van der Waals surface area contributed by atoms with Gasteiger partial charge in [0.05, 0.1) is 6.61 Å². The average Bonchev–Trinajstić information content (AvgIpc) is 2.66. The molecule has 1 aromatic rings. The van der Waals surface area contributed by atoms with Crippen LogP contribution in [-0.2, 0) is 16.0 Å². The summed E-state index contributed by atoms with van der Waals surface area (Å²) in [5.74, 6) is -0.108. The molecular formula is C12H15NO2. The van der Waals surface area contributed by atoms with Gasteiger partial charge in [-0.1, -0.05) is 30.3 Å². The molecule has 2 rings (SSSR count). The van der Waals surface area contributed by atoms with E-state index in [1.165, 1.54) is 5.56 Å². The highest BCUT2D eigenvalue weighted by atomic mass is 16.5. The summed E-state index contributed by atoms with van der Waals surface area (Å²) < 4.78 is 4.87. The number of hydrogen-bond donors (Lipinski definition) is 1. The van der Waals surface area contributed by atoms with E-state index in [0.29, 0.717) is 6.61 Å². The zero-order chi connectivity index (χ0) is 10.5. The molecule has 0 aromatic heterocycles. The van der Waals surface area contributed by atoms with Crippen molar-refractivity contribution < 1.29 is 9.53 Å². The molecule has 1 atom stereocenters. The molecule has 3 heteroatoms. The monoisotopic (exact) mass is 205 g/mol. The van der Waals surface area contributed by atoms with E-state index in [9.17, 15) is 4.79 Å². The first-order valence-corrected chi connectivity index (χ1v) is 5.30. The first-order valence-electron chi connectivity index (χ1n) is 5.30. The third-order valence-electron chi connectivity index (χ3n) is 2.58. The van der Waals surface area contributed by atoms with Gasteiger partial charge in [0, 0.05) is 6.42 Å². The van der Waals surface area contributed by atoms with E-state index >= 15 is 0 Å². The minimum atomic E-state index is -0.108. The van der Waals surface area contributed by atoms with Gasteiger partial charge in [0.1, 0.15) is 6.04 Å². The average molecular weight is 205 g/mol. The Labute approximate surface area is 89.4 Å². The third kappa shape index (κ3) is 2.80. The fourth-order valence-corrected chi connectivity index (χ4v) is 1.72. The lowest BCUT2D eigenvalue weighted by Crippen LogP contribution is -2.34. The summed E-state index contributed by atoms with van der Waals surface area (Å²) >= 11 is 0. The second-order valence-electron chi connectivity index (χ2n) is 3.70. The molecule has 0 spiro atoms. The zero-order valence-electron chi connectivity index (χ0n) is 8.61. The molecule has 1 unspecified atom stereocenters. The van der Waals surface area contributed by atoms with Gasteiger partial charge in [-0.3, -0.25) is 4.79 Å². The summed E-state index contributed by atoms with van der Waals surface area (Å²) in [6.07, 6.45) is 1.75. The van der Waals surface area contributed by atoms with Crippen molar-refractivity contribution in [3.63, 3.8) is 0 Å². The lowest BCUT2D eigenvalue weighted by atomic mass is 10.1. The van der Waals surface area contributed by atoms with Crippen LogP contribution in [0.25, 0.3) is 0 Å². The fraction of sp³-hybridized carbons (Fsp3) is 0.417. The van der Waals surface area contributed by atoms with Crippen LogP contribution in [0.5, 0.6) is 0 Å². The number of esters is 1. The van der Waals surface area contributed by atoms with Crippen LogP contribution in [-0.4, -0.2) is 25.2 Å². The summed E-state index contributed by atoms with van der Waals surface area (Å²) in [4.78, 5) is 11.1. The van der Waals surface area contributed by atoms with Gasteiger partial charge in [0.2, 0.25) is 0 Å². The molecule has 1 aliphatic heterocycles. The maximum Gasteiger partial charge on any atom is 0.323 e. The molecule has 1 aliphatic rings. The quantitative estimate of drug-likeness (QED) is 0.749. The van der Waals surface area contributed by atoms with Crippen LogP contribution < -0.4 is 5.32 Å². The Hall–Kier alpha value is -1.35. The van der Waals surface area contributed by atoms with Crippen LogP contribution in [0.2, 0.25) is 0 Å². The molecule has 1 N–H and O–H groups in total. The van der Waals surface area contributed by atoms with Crippen molar-refractivity contribution in [1.29, 1.82) is 0 Å². The molecule has 1 heterocycles. The van der Waals surface area contributed by atoms with E-state index < -0.39 is 0 Å². The van der Waals surface area contributed by atoms with Gasteiger partial charge >= 0.3 is 5.97 Å². The van der Waals surface area contributed by atoms with Gasteiger partial charge in [-0.2, -0.15) is 0 Å². The van der Waals surface area contributed by atoms with Gasteiger partial charge in [-0.25, -0.2) is 0 Å². The number of ether oxygens (including phenoxy) is 1. The van der Waals surface area contributed by atoms with Crippen molar-refractivity contribution in [2.24, 2.45) is 0 Å². The molecule has 1 aromatic carbocycles. The standard InChI is InChI=1S/C12H15NO2/c14-12-11(7-9-15-12)13-8-6-10-4-2-1-3-5-10/h1-5,11,13H,6-9H2. The van der Waals surface area contributed by atoms with E-state index in [1.807, 2.05) is 18.2 Å². The molecule has 1 saturated heterocycles. The molecule has 0 bridgehead atoms. The Morgan fingerprint density at radius 1 is 1.33 bits per heavy atom. The highest BCUT2D eigenvalue weighted by Gasteiger charge is 2.25. The molecule has 15 heavy (non-hydrogen) atoms. The second-order valence-corrected chi connectivity index (χ2v) is 3.70. The molecule has 0 aliphatic carbocycles. The van der Waals surface area contributed by atoms with Crippen LogP contribution >= 0.6 is 0 Å². The van der Waals surface area contributed by atoms with Gasteiger partial charge in [0.25, 0.3) is 0 Å². The van der Waals surface area contributed by atoms with E-state index in [2.05, 4.69) is 17.4 Å². The number of carbonyl (C=O) groups is 1. The highest BCUT2D eigenvalue weighted by molar-refractivity contribution is 5.77. The van der Waals surface area contributed by atoms with Crippen molar-refractivity contribution >= 4 is 5.97 Å². The maximum atomic E-state index is 11.1. The van der Waals surface area contributed by atoms with Gasteiger partial charge in [-0.05, 0) is 18.5 Å². The Balaban J connectivity index is 1.73. The zero-order valence-corrected chi connectivity index (χ0v) is 8.61. The topological polar surface area (TPSA) is 38.3 Å². The minimum absolute atomic E-state index is 0.0892. The van der Waals surface area contributed by atoms with Crippen LogP contribution in [0, 0.1) is 0 Å². The Bertz CT molecular complexity index is 324. The second kappa shape index (κ2) is 4.94. The number of benzene rings is 1. The first-order chi connectivity index (χ1) is 7.36. The smallest absolute Gasteiger partial charge is 0.323 e. The van der Waals surface area contributed by atoms with Crippen molar-refractivity contribution in [3.05, 3.63) is 35.9 Å². The van der Waals surface area contributed by atoms with E-state index in [4.69, 9.17) is 4.74 Å². The van der Waals surface area contributed by atoms with E-state index in [0.717, 1.165) is 19.4 Å². The summed E-state index contributed by atoms with van der Waals surface area (Å²) in [7, 11) is 0. The first kappa shape index (κ1) is 10.2. The van der Waals surface area contributed by atoms with E-state index in [-0.39, 0.29) is 12.0 Å². The normalized spacial score (nSPS) is 20.3. The van der Waals surface area contributed by atoms with Crippen LogP contribution in [0.1, 0.15) is 12.0 Å². The number of carbonyl (C=O) groups excluding carboxylic acids is 1. The molecule has 3 nitrogen and oxygen atoms in total. The molecule has 1 fully saturated rings. The van der Waals surface area contributed by atoms with Gasteiger partial charge in [0.15, 0.2) is 0 Å². The molecule has 0 saturated carbocycles. The van der Waals surface area contributed by atoms with E-state index in [1.54, 1.807) is 0 Å². The number of rotatable bonds is 4. The Morgan fingerprint density at radius 2 is 2.13 bits per heavy atom. The van der Waals surface area contributed by atoms with Gasteiger partial charge < -0.3 is 10.1 Å². The minimum Gasteiger partial charge on any atom is -0.464 e.